The Morgan fingerprint density at radius 2 is 1.76 bits per heavy atom. The Kier molecular flexibility index (Phi) is 8.74. The third-order valence-corrected chi connectivity index (χ3v) is 6.07. The molecular formula is C26H34BN5O2. The van der Waals surface area contributed by atoms with Crippen LogP contribution in [0.1, 0.15) is 62.6 Å². The van der Waals surface area contributed by atoms with E-state index in [-0.39, 0.29) is 17.9 Å². The van der Waals surface area contributed by atoms with Gasteiger partial charge in [0.2, 0.25) is 0 Å². The summed E-state index contributed by atoms with van der Waals surface area (Å²) in [5.74, 6) is 0.0940. The Hall–Kier alpha value is -3.29. The number of hydrogen-bond donors (Lipinski definition) is 3. The van der Waals surface area contributed by atoms with E-state index in [1.165, 1.54) is 0 Å². The minimum atomic E-state index is -1.04. The number of hydrogen-bond acceptors (Lipinski definition) is 4. The normalized spacial score (nSPS) is 17.5. The highest BCUT2D eigenvalue weighted by Crippen LogP contribution is 2.38. The number of carbonyl (C=O) groups is 2. The number of benzene rings is 2. The third-order valence-electron chi connectivity index (χ3n) is 6.07. The molecule has 0 spiro atoms. The van der Waals surface area contributed by atoms with Crippen molar-refractivity contribution in [1.29, 1.82) is 0 Å². The van der Waals surface area contributed by atoms with E-state index in [2.05, 4.69) is 29.5 Å². The number of unbranched alkanes of at least 4 members (excludes halogenated alkanes) is 2. The van der Waals surface area contributed by atoms with E-state index in [1.807, 2.05) is 42.5 Å². The molecule has 1 atom stereocenters. The van der Waals surface area contributed by atoms with Gasteiger partial charge in [-0.2, -0.15) is 0 Å². The van der Waals surface area contributed by atoms with Crippen molar-refractivity contribution >= 4 is 31.2 Å². The Morgan fingerprint density at radius 3 is 2.44 bits per heavy atom. The lowest BCUT2D eigenvalue weighted by Crippen LogP contribution is -2.42. The van der Waals surface area contributed by atoms with Crippen LogP contribution in [0.4, 0.5) is 4.79 Å². The van der Waals surface area contributed by atoms with Crippen molar-refractivity contribution in [3.05, 3.63) is 65.2 Å². The van der Waals surface area contributed by atoms with Gasteiger partial charge in [-0.1, -0.05) is 87.1 Å². The van der Waals surface area contributed by atoms with Gasteiger partial charge in [0, 0.05) is 13.1 Å². The minimum Gasteiger partial charge on any atom is -0.369 e. The third kappa shape index (κ3) is 5.98. The summed E-state index contributed by atoms with van der Waals surface area (Å²) in [5, 5.41) is 5.69. The van der Waals surface area contributed by atoms with Crippen LogP contribution in [0.25, 0.3) is 0 Å². The number of nitrogens with two attached hydrogens (primary N) is 1. The summed E-state index contributed by atoms with van der Waals surface area (Å²) < 4.78 is 0. The lowest BCUT2D eigenvalue weighted by atomic mass is 9.82. The van der Waals surface area contributed by atoms with Crippen molar-refractivity contribution in [3.8, 4) is 0 Å². The van der Waals surface area contributed by atoms with Gasteiger partial charge in [0.1, 0.15) is 7.85 Å². The predicted molar refractivity (Wildman–Crippen MR) is 137 cm³/mol. The average molecular weight is 459 g/mol. The van der Waals surface area contributed by atoms with Crippen LogP contribution in [0.15, 0.2) is 53.5 Å². The second-order valence-corrected chi connectivity index (χ2v) is 8.73. The quantitative estimate of drug-likeness (QED) is 0.356. The highest BCUT2D eigenvalue weighted by Gasteiger charge is 2.48. The molecular weight excluding hydrogens is 425 g/mol. The molecule has 0 aliphatic carbocycles. The van der Waals surface area contributed by atoms with E-state index in [9.17, 15) is 9.59 Å². The molecule has 7 nitrogen and oxygen atoms in total. The highest BCUT2D eigenvalue weighted by atomic mass is 16.2. The predicted octanol–water partition coefficient (Wildman–Crippen LogP) is 2.82. The molecule has 8 heteroatoms. The van der Waals surface area contributed by atoms with Crippen molar-refractivity contribution in [3.63, 3.8) is 0 Å². The first-order valence-electron chi connectivity index (χ1n) is 12.0. The highest BCUT2D eigenvalue weighted by molar-refractivity contribution is 6.32. The number of amides is 3. The maximum Gasteiger partial charge on any atom is 0.315 e. The Morgan fingerprint density at radius 1 is 1.06 bits per heavy atom. The van der Waals surface area contributed by atoms with Gasteiger partial charge in [-0.3, -0.25) is 9.69 Å². The first kappa shape index (κ1) is 25.3. The molecule has 1 aliphatic heterocycles. The number of nitrogens with zero attached hydrogens (tertiary/aromatic N) is 2. The van der Waals surface area contributed by atoms with Gasteiger partial charge in [-0.05, 0) is 29.5 Å². The number of nitrogens with one attached hydrogen (secondary N) is 2. The average Bonchev–Trinajstić information content (AvgIpc) is 3.07. The van der Waals surface area contributed by atoms with Gasteiger partial charge < -0.3 is 16.4 Å². The van der Waals surface area contributed by atoms with Crippen LogP contribution in [-0.2, 0) is 23.4 Å². The van der Waals surface area contributed by atoms with Gasteiger partial charge in [-0.25, -0.2) is 9.79 Å². The minimum absolute atomic E-state index is 0.126. The van der Waals surface area contributed by atoms with Crippen molar-refractivity contribution in [2.45, 2.75) is 64.6 Å². The number of aliphatic imine (C=N–C) groups is 1. The molecule has 0 bridgehead atoms. The number of rotatable bonds is 11. The summed E-state index contributed by atoms with van der Waals surface area (Å²) in [6.07, 6.45) is 4.36. The SMILES string of the molecule is [B]c1cccc(C2(CCCC)N=C(N)N(Cc3ccc(CNC(=O)NCCCC)cc3)C2=O)c1. The zero-order chi connectivity index (χ0) is 24.6. The topological polar surface area (TPSA) is 99.8 Å². The fourth-order valence-electron chi connectivity index (χ4n) is 4.08. The van der Waals surface area contributed by atoms with Crippen molar-refractivity contribution in [2.24, 2.45) is 10.7 Å². The van der Waals surface area contributed by atoms with E-state index in [1.54, 1.807) is 11.0 Å². The molecule has 0 saturated carbocycles. The van der Waals surface area contributed by atoms with Crippen molar-refractivity contribution in [2.75, 3.05) is 6.54 Å². The van der Waals surface area contributed by atoms with E-state index >= 15 is 0 Å². The summed E-state index contributed by atoms with van der Waals surface area (Å²) in [6, 6.07) is 14.9. The zero-order valence-electron chi connectivity index (χ0n) is 20.1. The molecule has 2 aromatic rings. The molecule has 0 aromatic heterocycles. The smallest absolute Gasteiger partial charge is 0.315 e. The molecule has 34 heavy (non-hydrogen) atoms. The number of guanidine groups is 1. The Balaban J connectivity index is 1.68. The molecule has 1 unspecified atom stereocenters. The maximum absolute atomic E-state index is 13.6. The van der Waals surface area contributed by atoms with E-state index in [0.29, 0.717) is 31.5 Å². The molecule has 4 N–H and O–H groups in total. The van der Waals surface area contributed by atoms with Gasteiger partial charge in [0.15, 0.2) is 11.5 Å². The lowest BCUT2D eigenvalue weighted by Gasteiger charge is -2.27. The van der Waals surface area contributed by atoms with Gasteiger partial charge in [0.25, 0.3) is 5.91 Å². The summed E-state index contributed by atoms with van der Waals surface area (Å²) in [4.78, 5) is 31.7. The molecule has 3 amide bonds. The lowest BCUT2D eigenvalue weighted by molar-refractivity contribution is -0.132. The number of urea groups is 1. The van der Waals surface area contributed by atoms with Crippen LogP contribution < -0.4 is 21.8 Å². The fourth-order valence-corrected chi connectivity index (χ4v) is 4.08. The largest absolute Gasteiger partial charge is 0.369 e. The molecule has 1 aliphatic rings. The van der Waals surface area contributed by atoms with Gasteiger partial charge in [0.05, 0.1) is 6.54 Å². The monoisotopic (exact) mass is 459 g/mol. The van der Waals surface area contributed by atoms with E-state index < -0.39 is 5.54 Å². The summed E-state index contributed by atoms with van der Waals surface area (Å²) >= 11 is 0. The van der Waals surface area contributed by atoms with Gasteiger partial charge in [-0.15, -0.1) is 0 Å². The van der Waals surface area contributed by atoms with Crippen LogP contribution in [-0.4, -0.2) is 37.2 Å². The second kappa shape index (κ2) is 11.7. The van der Waals surface area contributed by atoms with Crippen LogP contribution in [0.3, 0.4) is 0 Å². The van der Waals surface area contributed by atoms with Crippen molar-refractivity contribution in [1.82, 2.24) is 15.5 Å². The van der Waals surface area contributed by atoms with Crippen molar-refractivity contribution < 1.29 is 9.59 Å². The van der Waals surface area contributed by atoms with Crippen LogP contribution >= 0.6 is 0 Å². The Labute approximate surface area is 203 Å². The molecule has 0 saturated heterocycles. The number of carbonyl (C=O) groups excluding carboxylic acids is 2. The summed E-state index contributed by atoms with van der Waals surface area (Å²) in [7, 11) is 6.01. The summed E-state index contributed by atoms with van der Waals surface area (Å²) in [6.45, 7) is 5.60. The fraction of sp³-hybridized carbons (Fsp3) is 0.423. The van der Waals surface area contributed by atoms with Gasteiger partial charge >= 0.3 is 6.03 Å². The molecule has 178 valence electrons. The summed E-state index contributed by atoms with van der Waals surface area (Å²) in [5.41, 5.74) is 8.51. The first-order valence-corrected chi connectivity index (χ1v) is 12.0. The van der Waals surface area contributed by atoms with E-state index in [4.69, 9.17) is 13.6 Å². The zero-order valence-corrected chi connectivity index (χ0v) is 20.1. The Bertz CT molecular complexity index is 1020. The van der Waals surface area contributed by atoms with Crippen LogP contribution in [0, 0.1) is 0 Å². The molecule has 3 rings (SSSR count). The molecule has 2 aromatic carbocycles. The molecule has 1 heterocycles. The first-order chi connectivity index (χ1) is 16.4. The van der Waals surface area contributed by atoms with Crippen LogP contribution in [0.2, 0.25) is 0 Å². The maximum atomic E-state index is 13.6. The van der Waals surface area contributed by atoms with E-state index in [0.717, 1.165) is 42.4 Å². The molecule has 0 fully saturated rings. The standard InChI is InChI=1S/C26H34BN5O2/c1-3-5-14-26(21-8-7-9-22(27)16-21)23(33)32(24(28)31-26)18-20-12-10-19(11-13-20)17-30-25(34)29-15-6-4-2/h7-13,16H,3-6,14-15,17-18H2,1-2H3,(H2,28,31)(H2,29,30,34). The molecule has 2 radical (unpaired) electrons. The van der Waals surface area contributed by atoms with Crippen LogP contribution in [0.5, 0.6) is 0 Å². The second-order valence-electron chi connectivity index (χ2n) is 8.73.